The number of amides is 1. The van der Waals surface area contributed by atoms with Gasteiger partial charge in [-0.05, 0) is 14.1 Å². The van der Waals surface area contributed by atoms with Crippen LogP contribution in [0, 0.1) is 0 Å². The molecule has 0 N–H and O–H groups in total. The van der Waals surface area contributed by atoms with Crippen LogP contribution < -0.4 is 0 Å². The molecule has 5 heteroatoms. The first kappa shape index (κ1) is 11.7. The molecule has 1 aliphatic heterocycles. The molecule has 0 radical (unpaired) electrons. The van der Waals surface area contributed by atoms with Crippen LogP contribution in [0.15, 0.2) is 24.7 Å². The Hall–Kier alpha value is -1.75. The summed E-state index contributed by atoms with van der Waals surface area (Å²) in [5, 5.41) is 0. The summed E-state index contributed by atoms with van der Waals surface area (Å²) in [6.45, 7) is 1.97. The standard InChI is InChI=1S/C12H16N4O/c1-15(2)5-3-4-12(17)16-7-10-6-13-9-14-11(10)8-16/h3-4,6,9H,5,7-8H2,1-2H3. The van der Waals surface area contributed by atoms with E-state index in [0.29, 0.717) is 13.1 Å². The summed E-state index contributed by atoms with van der Waals surface area (Å²) in [5.74, 6) is 0.0323. The first-order valence-corrected chi connectivity index (χ1v) is 5.55. The second-order valence-electron chi connectivity index (χ2n) is 4.35. The van der Waals surface area contributed by atoms with Gasteiger partial charge in [-0.25, -0.2) is 9.97 Å². The second kappa shape index (κ2) is 5.05. The normalized spacial score (nSPS) is 14.6. The highest BCUT2D eigenvalue weighted by Gasteiger charge is 2.22. The molecule has 0 aromatic carbocycles. The number of rotatable bonds is 3. The summed E-state index contributed by atoms with van der Waals surface area (Å²) in [5.41, 5.74) is 2.00. The summed E-state index contributed by atoms with van der Waals surface area (Å²) in [6.07, 6.45) is 6.80. The molecule has 90 valence electrons. The molecule has 1 aromatic rings. The molecule has 2 rings (SSSR count). The maximum atomic E-state index is 11.9. The summed E-state index contributed by atoms with van der Waals surface area (Å²) in [7, 11) is 3.94. The van der Waals surface area contributed by atoms with Crippen molar-refractivity contribution in [2.75, 3.05) is 20.6 Å². The molecular formula is C12H16N4O. The van der Waals surface area contributed by atoms with E-state index in [1.165, 1.54) is 6.33 Å². The van der Waals surface area contributed by atoms with Gasteiger partial charge in [-0.1, -0.05) is 6.08 Å². The number of hydrogen-bond acceptors (Lipinski definition) is 4. The lowest BCUT2D eigenvalue weighted by Crippen LogP contribution is -2.23. The molecule has 0 fully saturated rings. The van der Waals surface area contributed by atoms with Gasteiger partial charge in [0.1, 0.15) is 6.33 Å². The zero-order chi connectivity index (χ0) is 12.3. The molecule has 17 heavy (non-hydrogen) atoms. The van der Waals surface area contributed by atoms with E-state index in [-0.39, 0.29) is 5.91 Å². The first-order chi connectivity index (χ1) is 8.16. The number of nitrogens with zero attached hydrogens (tertiary/aromatic N) is 4. The largest absolute Gasteiger partial charge is 0.329 e. The molecule has 0 unspecified atom stereocenters. The molecule has 0 atom stereocenters. The van der Waals surface area contributed by atoms with Crippen LogP contribution in [0.2, 0.25) is 0 Å². The molecule has 0 bridgehead atoms. The van der Waals surface area contributed by atoms with E-state index in [1.54, 1.807) is 17.2 Å². The topological polar surface area (TPSA) is 49.3 Å². The molecule has 1 amide bonds. The van der Waals surface area contributed by atoms with Crippen LogP contribution >= 0.6 is 0 Å². The number of likely N-dealkylation sites (N-methyl/N-ethyl adjacent to an activating group) is 1. The number of hydrogen-bond donors (Lipinski definition) is 0. The summed E-state index contributed by atoms with van der Waals surface area (Å²) < 4.78 is 0. The molecule has 1 aromatic heterocycles. The molecule has 5 nitrogen and oxygen atoms in total. The number of carbonyl (C=O) groups excluding carboxylic acids is 1. The van der Waals surface area contributed by atoms with Crippen LogP contribution in [0.4, 0.5) is 0 Å². The van der Waals surface area contributed by atoms with Gasteiger partial charge in [0.2, 0.25) is 5.91 Å². The van der Waals surface area contributed by atoms with E-state index in [4.69, 9.17) is 0 Å². The lowest BCUT2D eigenvalue weighted by molar-refractivity contribution is -0.126. The minimum Gasteiger partial charge on any atom is -0.329 e. The van der Waals surface area contributed by atoms with Gasteiger partial charge in [0.05, 0.1) is 12.2 Å². The Kier molecular flexibility index (Phi) is 3.49. The predicted octanol–water partition coefficient (Wildman–Crippen LogP) is 0.437. The van der Waals surface area contributed by atoms with E-state index in [0.717, 1.165) is 17.8 Å². The van der Waals surface area contributed by atoms with E-state index < -0.39 is 0 Å². The van der Waals surface area contributed by atoms with Crippen molar-refractivity contribution in [3.8, 4) is 0 Å². The third kappa shape index (κ3) is 2.88. The van der Waals surface area contributed by atoms with Gasteiger partial charge in [-0.15, -0.1) is 0 Å². The molecule has 0 saturated heterocycles. The second-order valence-corrected chi connectivity index (χ2v) is 4.35. The van der Waals surface area contributed by atoms with Gasteiger partial charge in [0.25, 0.3) is 0 Å². The fourth-order valence-electron chi connectivity index (χ4n) is 1.73. The summed E-state index contributed by atoms with van der Waals surface area (Å²) >= 11 is 0. The Morgan fingerprint density at radius 1 is 1.53 bits per heavy atom. The smallest absolute Gasteiger partial charge is 0.246 e. The van der Waals surface area contributed by atoms with Crippen molar-refractivity contribution in [3.05, 3.63) is 35.9 Å². The van der Waals surface area contributed by atoms with Crippen LogP contribution in [0.1, 0.15) is 11.3 Å². The van der Waals surface area contributed by atoms with E-state index in [1.807, 2.05) is 25.1 Å². The summed E-state index contributed by atoms with van der Waals surface area (Å²) in [4.78, 5) is 23.8. The Morgan fingerprint density at radius 2 is 2.35 bits per heavy atom. The van der Waals surface area contributed by atoms with Gasteiger partial charge in [-0.3, -0.25) is 4.79 Å². The highest BCUT2D eigenvalue weighted by molar-refractivity contribution is 5.87. The van der Waals surface area contributed by atoms with Gasteiger partial charge in [-0.2, -0.15) is 0 Å². The van der Waals surface area contributed by atoms with Gasteiger partial charge in [0, 0.05) is 30.9 Å². The Morgan fingerprint density at radius 3 is 3.06 bits per heavy atom. The predicted molar refractivity (Wildman–Crippen MR) is 64.0 cm³/mol. The third-order valence-corrected chi connectivity index (χ3v) is 2.63. The first-order valence-electron chi connectivity index (χ1n) is 5.55. The van der Waals surface area contributed by atoms with Crippen molar-refractivity contribution < 1.29 is 4.79 Å². The molecule has 0 aliphatic carbocycles. The Labute approximate surface area is 101 Å². The van der Waals surface area contributed by atoms with Crippen LogP contribution in [-0.4, -0.2) is 46.3 Å². The minimum absolute atomic E-state index is 0.0323. The highest BCUT2D eigenvalue weighted by atomic mass is 16.2. The number of carbonyl (C=O) groups is 1. The minimum atomic E-state index is 0.0323. The van der Waals surface area contributed by atoms with Crippen molar-refractivity contribution in [2.24, 2.45) is 0 Å². The fraction of sp³-hybridized carbons (Fsp3) is 0.417. The van der Waals surface area contributed by atoms with E-state index in [9.17, 15) is 4.79 Å². The SMILES string of the molecule is CN(C)CC=CC(=O)N1Cc2cncnc2C1. The van der Waals surface area contributed by atoms with E-state index >= 15 is 0 Å². The lowest BCUT2D eigenvalue weighted by atomic mass is 10.3. The average molecular weight is 232 g/mol. The van der Waals surface area contributed by atoms with Crippen LogP contribution in [0.3, 0.4) is 0 Å². The highest BCUT2D eigenvalue weighted by Crippen LogP contribution is 2.19. The van der Waals surface area contributed by atoms with Gasteiger partial charge in [0.15, 0.2) is 0 Å². The monoisotopic (exact) mass is 232 g/mol. The average Bonchev–Trinajstić information content (AvgIpc) is 2.71. The number of fused-ring (bicyclic) bond motifs is 1. The molecule has 1 aliphatic rings. The van der Waals surface area contributed by atoms with Crippen molar-refractivity contribution in [1.82, 2.24) is 19.8 Å². The molecule has 2 heterocycles. The molecule has 0 saturated carbocycles. The quantitative estimate of drug-likeness (QED) is 0.709. The number of aromatic nitrogens is 2. The zero-order valence-corrected chi connectivity index (χ0v) is 10.1. The Bertz CT molecular complexity index is 417. The molecule has 0 spiro atoms. The van der Waals surface area contributed by atoms with Crippen LogP contribution in [0.5, 0.6) is 0 Å². The Balaban J connectivity index is 1.94. The van der Waals surface area contributed by atoms with E-state index in [2.05, 4.69) is 9.97 Å². The lowest BCUT2D eigenvalue weighted by Gasteiger charge is -2.12. The van der Waals surface area contributed by atoms with Gasteiger partial charge < -0.3 is 9.80 Å². The zero-order valence-electron chi connectivity index (χ0n) is 10.1. The van der Waals surface area contributed by atoms with Crippen LogP contribution in [-0.2, 0) is 17.9 Å². The maximum Gasteiger partial charge on any atom is 0.246 e. The molecular weight excluding hydrogens is 216 g/mol. The summed E-state index contributed by atoms with van der Waals surface area (Å²) in [6, 6.07) is 0. The van der Waals surface area contributed by atoms with Crippen molar-refractivity contribution in [3.63, 3.8) is 0 Å². The fourth-order valence-corrected chi connectivity index (χ4v) is 1.73. The third-order valence-electron chi connectivity index (χ3n) is 2.63. The van der Waals surface area contributed by atoms with Crippen molar-refractivity contribution in [1.29, 1.82) is 0 Å². The van der Waals surface area contributed by atoms with Crippen LogP contribution in [0.25, 0.3) is 0 Å². The van der Waals surface area contributed by atoms with Gasteiger partial charge >= 0.3 is 0 Å². The van der Waals surface area contributed by atoms with Crippen molar-refractivity contribution >= 4 is 5.91 Å². The van der Waals surface area contributed by atoms with Crippen molar-refractivity contribution in [2.45, 2.75) is 13.1 Å². The maximum absolute atomic E-state index is 11.9.